The van der Waals surface area contributed by atoms with E-state index in [9.17, 15) is 18.0 Å². The summed E-state index contributed by atoms with van der Waals surface area (Å²) in [5.41, 5.74) is 1.59. The number of ketones is 1. The Balaban J connectivity index is 2.21. The highest BCUT2D eigenvalue weighted by Gasteiger charge is 2.24. The zero-order valence-electron chi connectivity index (χ0n) is 15.3. The lowest BCUT2D eigenvalue weighted by Gasteiger charge is -2.19. The Morgan fingerprint density at radius 3 is 2.26 bits per heavy atom. The summed E-state index contributed by atoms with van der Waals surface area (Å²) in [6.07, 6.45) is -0.530. The molecule has 1 unspecified atom stereocenters. The number of aryl methyl sites for hydroxylation is 1. The predicted octanol–water partition coefficient (Wildman–Crippen LogP) is 2.93. The van der Waals surface area contributed by atoms with Gasteiger partial charge >= 0.3 is 5.97 Å². The first-order valence-corrected chi connectivity index (χ1v) is 10.1. The van der Waals surface area contributed by atoms with Gasteiger partial charge < -0.3 is 4.74 Å². The average molecular weight is 389 g/mol. The fourth-order valence-corrected chi connectivity index (χ4v) is 3.78. The average Bonchev–Trinajstić information content (AvgIpc) is 2.62. The minimum atomic E-state index is -3.83. The van der Waals surface area contributed by atoms with Gasteiger partial charge in [-0.2, -0.15) is 0 Å². The number of Topliss-reactive ketones (excluding diaryl/α,β-unsaturated/α-hetero) is 1. The van der Waals surface area contributed by atoms with Gasteiger partial charge in [-0.15, -0.1) is 0 Å². The number of carbonyl (C=O) groups excluding carboxylic acids is 2. The highest BCUT2D eigenvalue weighted by molar-refractivity contribution is 7.89. The molecule has 2 aromatic rings. The molecule has 0 aromatic heterocycles. The van der Waals surface area contributed by atoms with Crippen LogP contribution < -0.4 is 4.72 Å². The van der Waals surface area contributed by atoms with E-state index in [-0.39, 0.29) is 24.3 Å². The molecule has 0 amide bonds. The van der Waals surface area contributed by atoms with Crippen LogP contribution in [0.3, 0.4) is 0 Å². The molecule has 0 saturated carbocycles. The van der Waals surface area contributed by atoms with Gasteiger partial charge in [0.1, 0.15) is 12.2 Å². The highest BCUT2D eigenvalue weighted by Crippen LogP contribution is 2.21. The van der Waals surface area contributed by atoms with Crippen LogP contribution in [0.2, 0.25) is 0 Å². The van der Waals surface area contributed by atoms with Crippen molar-refractivity contribution < 1.29 is 22.7 Å². The molecular formula is C20H23NO5S. The Hall–Kier alpha value is -2.51. The van der Waals surface area contributed by atoms with Crippen molar-refractivity contribution in [1.29, 1.82) is 0 Å². The van der Waals surface area contributed by atoms with E-state index in [0.29, 0.717) is 5.56 Å². The lowest BCUT2D eigenvalue weighted by Crippen LogP contribution is -2.30. The molecule has 2 aromatic carbocycles. The van der Waals surface area contributed by atoms with Gasteiger partial charge in [0.2, 0.25) is 10.0 Å². The predicted molar refractivity (Wildman–Crippen MR) is 102 cm³/mol. The summed E-state index contributed by atoms with van der Waals surface area (Å²) in [6, 6.07) is 14.5. The van der Waals surface area contributed by atoms with Crippen LogP contribution >= 0.6 is 0 Å². The van der Waals surface area contributed by atoms with Gasteiger partial charge in [0.05, 0.1) is 17.5 Å². The van der Waals surface area contributed by atoms with E-state index in [0.717, 1.165) is 5.56 Å². The Kier molecular flexibility index (Phi) is 7.27. The molecule has 144 valence electrons. The Bertz CT molecular complexity index is 876. The van der Waals surface area contributed by atoms with Crippen molar-refractivity contribution >= 4 is 21.8 Å². The van der Waals surface area contributed by atoms with E-state index >= 15 is 0 Å². The standard InChI is InChI=1S/C20H23NO5S/c1-3-26-20(23)14-17(22)13-19(16-7-5-4-6-8-16)21-27(24,25)18-11-9-15(2)10-12-18/h4-12,19,21H,3,13-14H2,1-2H3. The van der Waals surface area contributed by atoms with Crippen molar-refractivity contribution in [3.8, 4) is 0 Å². The fourth-order valence-electron chi connectivity index (χ4n) is 2.56. The van der Waals surface area contributed by atoms with Crippen molar-refractivity contribution in [3.63, 3.8) is 0 Å². The summed E-state index contributed by atoms with van der Waals surface area (Å²) in [5, 5.41) is 0. The molecule has 7 heteroatoms. The monoisotopic (exact) mass is 389 g/mol. The summed E-state index contributed by atoms with van der Waals surface area (Å²) in [7, 11) is -3.83. The largest absolute Gasteiger partial charge is 0.466 e. The summed E-state index contributed by atoms with van der Waals surface area (Å²) >= 11 is 0. The van der Waals surface area contributed by atoms with Crippen molar-refractivity contribution in [2.45, 2.75) is 37.6 Å². The van der Waals surface area contributed by atoms with Crippen LogP contribution in [0.15, 0.2) is 59.5 Å². The van der Waals surface area contributed by atoms with Crippen molar-refractivity contribution in [2.24, 2.45) is 0 Å². The summed E-state index contributed by atoms with van der Waals surface area (Å²) in [4.78, 5) is 23.9. The lowest BCUT2D eigenvalue weighted by atomic mass is 10.0. The maximum Gasteiger partial charge on any atom is 0.313 e. The molecule has 0 saturated heterocycles. The zero-order valence-corrected chi connectivity index (χ0v) is 16.2. The van der Waals surface area contributed by atoms with Gasteiger partial charge in [0.15, 0.2) is 0 Å². The topological polar surface area (TPSA) is 89.5 Å². The first-order chi connectivity index (χ1) is 12.8. The van der Waals surface area contributed by atoms with Crippen LogP contribution in [0, 0.1) is 6.92 Å². The van der Waals surface area contributed by atoms with Gasteiger partial charge in [-0.05, 0) is 31.5 Å². The van der Waals surface area contributed by atoms with Crippen LogP contribution in [-0.2, 0) is 24.3 Å². The van der Waals surface area contributed by atoms with Crippen LogP contribution in [0.1, 0.15) is 36.9 Å². The second-order valence-corrected chi connectivity index (χ2v) is 7.84. The molecule has 1 N–H and O–H groups in total. The smallest absolute Gasteiger partial charge is 0.313 e. The Morgan fingerprint density at radius 1 is 1.04 bits per heavy atom. The van der Waals surface area contributed by atoms with E-state index in [2.05, 4.69) is 4.72 Å². The van der Waals surface area contributed by atoms with E-state index < -0.39 is 27.8 Å². The first-order valence-electron chi connectivity index (χ1n) is 8.63. The minimum absolute atomic E-state index is 0.117. The Morgan fingerprint density at radius 2 is 1.67 bits per heavy atom. The van der Waals surface area contributed by atoms with E-state index in [4.69, 9.17) is 4.74 Å². The van der Waals surface area contributed by atoms with Crippen molar-refractivity contribution in [3.05, 3.63) is 65.7 Å². The van der Waals surface area contributed by atoms with Crippen molar-refractivity contribution in [1.82, 2.24) is 4.72 Å². The fraction of sp³-hybridized carbons (Fsp3) is 0.300. The molecule has 0 heterocycles. The molecule has 0 aliphatic carbocycles. The number of nitrogens with one attached hydrogen (secondary N) is 1. The number of hydrogen-bond acceptors (Lipinski definition) is 5. The molecule has 27 heavy (non-hydrogen) atoms. The molecule has 0 aliphatic rings. The molecule has 0 fully saturated rings. The van der Waals surface area contributed by atoms with Gasteiger partial charge in [0.25, 0.3) is 0 Å². The number of carbonyl (C=O) groups is 2. The Labute approximate surface area is 159 Å². The van der Waals surface area contributed by atoms with Gasteiger partial charge in [-0.25, -0.2) is 13.1 Å². The summed E-state index contributed by atoms with van der Waals surface area (Å²) in [6.45, 7) is 3.71. The number of esters is 1. The normalized spacial score (nSPS) is 12.4. The van der Waals surface area contributed by atoms with E-state index in [1.165, 1.54) is 12.1 Å². The highest BCUT2D eigenvalue weighted by atomic mass is 32.2. The molecular weight excluding hydrogens is 366 g/mol. The molecule has 0 aliphatic heterocycles. The molecule has 0 spiro atoms. The molecule has 6 nitrogen and oxygen atoms in total. The van der Waals surface area contributed by atoms with E-state index in [1.807, 2.05) is 6.92 Å². The number of ether oxygens (including phenoxy) is 1. The molecule has 2 rings (SSSR count). The van der Waals surface area contributed by atoms with E-state index in [1.54, 1.807) is 49.4 Å². The third kappa shape index (κ3) is 6.30. The number of hydrogen-bond donors (Lipinski definition) is 1. The SMILES string of the molecule is CCOC(=O)CC(=O)CC(NS(=O)(=O)c1ccc(C)cc1)c1ccccc1. The number of benzene rings is 2. The molecule has 0 radical (unpaired) electrons. The lowest BCUT2D eigenvalue weighted by molar-refractivity contribution is -0.145. The second kappa shape index (κ2) is 9.43. The van der Waals surface area contributed by atoms with Crippen LogP contribution in [0.5, 0.6) is 0 Å². The molecule has 0 bridgehead atoms. The third-order valence-electron chi connectivity index (χ3n) is 3.91. The summed E-state index contributed by atoms with van der Waals surface area (Å²) < 4.78 is 32.8. The zero-order chi connectivity index (χ0) is 19.9. The molecule has 1 atom stereocenters. The van der Waals surface area contributed by atoms with Gasteiger partial charge in [-0.3, -0.25) is 9.59 Å². The van der Waals surface area contributed by atoms with Crippen molar-refractivity contribution in [2.75, 3.05) is 6.61 Å². The maximum atomic E-state index is 12.7. The number of sulfonamides is 1. The van der Waals surface area contributed by atoms with Crippen LogP contribution in [-0.4, -0.2) is 26.8 Å². The first kappa shape index (κ1) is 20.8. The minimum Gasteiger partial charge on any atom is -0.466 e. The van der Waals surface area contributed by atoms with Gasteiger partial charge in [0, 0.05) is 6.42 Å². The third-order valence-corrected chi connectivity index (χ3v) is 5.40. The van der Waals surface area contributed by atoms with Crippen LogP contribution in [0.4, 0.5) is 0 Å². The number of rotatable bonds is 9. The van der Waals surface area contributed by atoms with Crippen LogP contribution in [0.25, 0.3) is 0 Å². The second-order valence-electron chi connectivity index (χ2n) is 6.12. The quantitative estimate of drug-likeness (QED) is 0.526. The van der Waals surface area contributed by atoms with Gasteiger partial charge in [-0.1, -0.05) is 48.0 Å². The summed E-state index contributed by atoms with van der Waals surface area (Å²) in [5.74, 6) is -1.01. The maximum absolute atomic E-state index is 12.7.